The van der Waals surface area contributed by atoms with Crippen molar-refractivity contribution >= 4 is 0 Å². The van der Waals surface area contributed by atoms with E-state index in [4.69, 9.17) is 10.3 Å². The summed E-state index contributed by atoms with van der Waals surface area (Å²) in [6.45, 7) is 1.20. The summed E-state index contributed by atoms with van der Waals surface area (Å²) in [6, 6.07) is -0.638. The van der Waals surface area contributed by atoms with Crippen molar-refractivity contribution in [1.82, 2.24) is 9.55 Å². The fourth-order valence-corrected chi connectivity index (χ4v) is 1.89. The lowest BCUT2D eigenvalue weighted by Crippen LogP contribution is -2.40. The molecule has 20 heavy (non-hydrogen) atoms. The van der Waals surface area contributed by atoms with Crippen LogP contribution in [0.2, 0.25) is 0 Å². The van der Waals surface area contributed by atoms with Crippen molar-refractivity contribution in [2.75, 3.05) is 6.61 Å². The number of aryl methyl sites for hydroxylation is 1. The predicted octanol–water partition coefficient (Wildman–Crippen LogP) is -0.0302. The molecular weight excluding hydrogens is 266 g/mol. The highest BCUT2D eigenvalue weighted by molar-refractivity contribution is 5.08. The van der Waals surface area contributed by atoms with Gasteiger partial charge in [0.1, 0.15) is 0 Å². The van der Waals surface area contributed by atoms with Gasteiger partial charge in [-0.2, -0.15) is 0 Å². The van der Waals surface area contributed by atoms with Crippen LogP contribution in [0.1, 0.15) is 11.8 Å². The Bertz CT molecular complexity index is 685. The van der Waals surface area contributed by atoms with Gasteiger partial charge in [0, 0.05) is 16.7 Å². The highest BCUT2D eigenvalue weighted by Crippen LogP contribution is 2.21. The molecule has 0 bridgehead atoms. The van der Waals surface area contributed by atoms with E-state index < -0.39 is 29.6 Å². The van der Waals surface area contributed by atoms with Gasteiger partial charge in [-0.15, -0.1) is 0 Å². The number of azide groups is 1. The zero-order valence-electron chi connectivity index (χ0n) is 10.6. The first-order valence-electron chi connectivity index (χ1n) is 5.87. The zero-order chi connectivity index (χ0) is 14.7. The molecule has 1 aliphatic heterocycles. The van der Waals surface area contributed by atoms with Crippen LogP contribution >= 0.6 is 0 Å². The number of ether oxygens (including phenoxy) is 1. The lowest BCUT2D eigenvalue weighted by Gasteiger charge is -2.29. The summed E-state index contributed by atoms with van der Waals surface area (Å²) in [7, 11) is 0. The van der Waals surface area contributed by atoms with E-state index in [9.17, 15) is 14.7 Å². The number of nitrogens with zero attached hydrogens (tertiary/aromatic N) is 4. The first-order chi connectivity index (χ1) is 9.56. The topological polar surface area (TPSA) is 133 Å². The lowest BCUT2D eigenvalue weighted by atomic mass is 10.1. The monoisotopic (exact) mass is 279 g/mol. The Hall–Kier alpha value is -2.35. The summed E-state index contributed by atoms with van der Waals surface area (Å²) in [5.74, 6) is 0. The van der Waals surface area contributed by atoms with E-state index in [2.05, 4.69) is 15.0 Å². The number of aliphatic hydroxyl groups excluding tert-OH is 1. The largest absolute Gasteiger partial charge is 0.394 e. The minimum atomic E-state index is -0.777. The van der Waals surface area contributed by atoms with Crippen LogP contribution in [0.4, 0.5) is 0 Å². The molecule has 1 aromatic heterocycles. The van der Waals surface area contributed by atoms with Crippen molar-refractivity contribution in [2.45, 2.75) is 25.3 Å². The van der Waals surface area contributed by atoms with E-state index in [0.717, 1.165) is 0 Å². The molecule has 0 radical (unpaired) electrons. The van der Waals surface area contributed by atoms with E-state index in [1.165, 1.54) is 16.8 Å². The Labute approximate surface area is 112 Å². The molecule has 0 unspecified atom stereocenters. The Balaban J connectivity index is 2.38. The fourth-order valence-electron chi connectivity index (χ4n) is 1.89. The van der Waals surface area contributed by atoms with Crippen LogP contribution in [-0.2, 0) is 4.74 Å². The second kappa shape index (κ2) is 5.74. The number of aromatic amines is 1. The molecule has 0 saturated carbocycles. The van der Waals surface area contributed by atoms with Crippen LogP contribution < -0.4 is 11.2 Å². The molecule has 9 nitrogen and oxygen atoms in total. The van der Waals surface area contributed by atoms with Crippen molar-refractivity contribution in [3.05, 3.63) is 55.2 Å². The van der Waals surface area contributed by atoms with Gasteiger partial charge >= 0.3 is 5.69 Å². The van der Waals surface area contributed by atoms with Crippen molar-refractivity contribution in [3.8, 4) is 0 Å². The third-order valence-corrected chi connectivity index (χ3v) is 2.95. The van der Waals surface area contributed by atoms with Gasteiger partial charge in [0.15, 0.2) is 6.23 Å². The van der Waals surface area contributed by atoms with E-state index in [1.54, 1.807) is 13.0 Å². The zero-order valence-corrected chi connectivity index (χ0v) is 10.6. The molecule has 1 aromatic rings. The molecule has 0 aromatic carbocycles. The van der Waals surface area contributed by atoms with Gasteiger partial charge < -0.3 is 9.84 Å². The molecule has 1 aliphatic rings. The molecule has 2 rings (SSSR count). The summed E-state index contributed by atoms with van der Waals surface area (Å²) in [6.07, 6.45) is 2.94. The molecule has 0 spiro atoms. The molecule has 106 valence electrons. The standard InChI is InChI=1S/C11H13N5O4/c1-6-4-16(11(19)13-10(6)18)9-3-2-7(14-15-12)8(5-17)20-9/h2-4,7-9,17H,5H2,1H3,(H,13,18,19)/t7-,8-,9-/m1/s1. The Morgan fingerprint density at radius 2 is 2.30 bits per heavy atom. The maximum atomic E-state index is 11.7. The first-order valence-corrected chi connectivity index (χ1v) is 5.87. The van der Waals surface area contributed by atoms with Crippen molar-refractivity contribution in [1.29, 1.82) is 0 Å². The molecule has 0 aliphatic carbocycles. The van der Waals surface area contributed by atoms with Gasteiger partial charge in [0.25, 0.3) is 5.56 Å². The quantitative estimate of drug-likeness (QED) is 0.348. The number of hydrogen-bond acceptors (Lipinski definition) is 5. The number of hydrogen-bond donors (Lipinski definition) is 2. The summed E-state index contributed by atoms with van der Waals surface area (Å²) in [4.78, 5) is 27.9. The van der Waals surface area contributed by atoms with Crippen LogP contribution in [0, 0.1) is 6.92 Å². The number of aliphatic hydroxyl groups is 1. The van der Waals surface area contributed by atoms with Crippen LogP contribution in [0.15, 0.2) is 33.1 Å². The normalized spacial score (nSPS) is 25.2. The number of aromatic nitrogens is 2. The van der Waals surface area contributed by atoms with Gasteiger partial charge in [0.2, 0.25) is 0 Å². The first kappa shape index (κ1) is 14.1. The van der Waals surface area contributed by atoms with Gasteiger partial charge in [-0.25, -0.2) is 4.79 Å². The van der Waals surface area contributed by atoms with Crippen LogP contribution in [0.3, 0.4) is 0 Å². The summed E-state index contributed by atoms with van der Waals surface area (Å²) in [5, 5.41) is 12.7. The average molecular weight is 279 g/mol. The Morgan fingerprint density at radius 1 is 1.55 bits per heavy atom. The van der Waals surface area contributed by atoms with E-state index in [-0.39, 0.29) is 6.61 Å². The lowest BCUT2D eigenvalue weighted by molar-refractivity contribution is -0.0655. The summed E-state index contributed by atoms with van der Waals surface area (Å²) in [5.41, 5.74) is 7.70. The predicted molar refractivity (Wildman–Crippen MR) is 69.1 cm³/mol. The maximum absolute atomic E-state index is 11.7. The third kappa shape index (κ3) is 2.64. The third-order valence-electron chi connectivity index (χ3n) is 2.95. The highest BCUT2D eigenvalue weighted by Gasteiger charge is 2.27. The smallest absolute Gasteiger partial charge is 0.330 e. The molecule has 0 saturated heterocycles. The Morgan fingerprint density at radius 3 is 2.95 bits per heavy atom. The SMILES string of the molecule is Cc1cn([C@H]2C=C[C@@H](N=[N+]=[N-])[C@@H](CO)O2)c(=O)[nH]c1=O. The number of rotatable bonds is 3. The van der Waals surface area contributed by atoms with Gasteiger partial charge in [0.05, 0.1) is 18.8 Å². The maximum Gasteiger partial charge on any atom is 0.330 e. The average Bonchev–Trinajstić information content (AvgIpc) is 2.44. The molecule has 2 heterocycles. The minimum absolute atomic E-state index is 0.360. The molecule has 2 N–H and O–H groups in total. The van der Waals surface area contributed by atoms with Crippen LogP contribution in [0.25, 0.3) is 10.4 Å². The van der Waals surface area contributed by atoms with Crippen molar-refractivity contribution in [3.63, 3.8) is 0 Å². The van der Waals surface area contributed by atoms with E-state index in [0.29, 0.717) is 5.56 Å². The Kier molecular flexibility index (Phi) is 4.04. The van der Waals surface area contributed by atoms with Crippen molar-refractivity contribution < 1.29 is 9.84 Å². The number of H-pyrrole nitrogens is 1. The van der Waals surface area contributed by atoms with Gasteiger partial charge in [-0.3, -0.25) is 14.3 Å². The van der Waals surface area contributed by atoms with Gasteiger partial charge in [-0.05, 0) is 18.5 Å². The second-order valence-corrected chi connectivity index (χ2v) is 4.31. The van der Waals surface area contributed by atoms with E-state index in [1.807, 2.05) is 0 Å². The molecular formula is C11H13N5O4. The fraction of sp³-hybridized carbons (Fsp3) is 0.455. The molecule has 0 fully saturated rings. The molecule has 3 atom stereocenters. The highest BCUT2D eigenvalue weighted by atomic mass is 16.5. The van der Waals surface area contributed by atoms with Crippen LogP contribution in [-0.4, -0.2) is 33.4 Å². The van der Waals surface area contributed by atoms with Crippen molar-refractivity contribution in [2.24, 2.45) is 5.11 Å². The van der Waals surface area contributed by atoms with Gasteiger partial charge in [-0.1, -0.05) is 11.2 Å². The summed E-state index contributed by atoms with van der Waals surface area (Å²) >= 11 is 0. The minimum Gasteiger partial charge on any atom is -0.394 e. The molecule has 0 amide bonds. The second-order valence-electron chi connectivity index (χ2n) is 4.31. The van der Waals surface area contributed by atoms with Crippen LogP contribution in [0.5, 0.6) is 0 Å². The van der Waals surface area contributed by atoms with E-state index >= 15 is 0 Å². The summed E-state index contributed by atoms with van der Waals surface area (Å²) < 4.78 is 6.70. The molecule has 9 heteroatoms. The number of nitrogens with one attached hydrogen (secondary N) is 1.